The smallest absolute Gasteiger partial charge is 0.261 e. The topological polar surface area (TPSA) is 93.1 Å². The lowest BCUT2D eigenvalue weighted by molar-refractivity contribution is -0.115. The minimum Gasteiger partial charge on any atom is -0.326 e. The van der Waals surface area contributed by atoms with E-state index in [0.29, 0.717) is 11.4 Å². The summed E-state index contributed by atoms with van der Waals surface area (Å²) in [5.74, 6) is -0.216. The summed E-state index contributed by atoms with van der Waals surface area (Å²) in [5, 5.41) is 7.09. The van der Waals surface area contributed by atoms with E-state index in [1.165, 1.54) is 12.1 Å². The molecule has 0 aliphatic carbocycles. The van der Waals surface area contributed by atoms with Gasteiger partial charge in [0, 0.05) is 11.9 Å². The highest BCUT2D eigenvalue weighted by molar-refractivity contribution is 7.92. The number of hydrogen-bond donors (Lipinski definition) is 2. The van der Waals surface area contributed by atoms with Gasteiger partial charge in [0.2, 0.25) is 5.91 Å². The molecule has 0 saturated heterocycles. The number of nitrogens with one attached hydrogen (secondary N) is 2. The molecule has 0 radical (unpaired) electrons. The molecule has 1 amide bonds. The van der Waals surface area contributed by atoms with Crippen molar-refractivity contribution in [3.8, 4) is 5.69 Å². The Hall–Kier alpha value is -3.91. The van der Waals surface area contributed by atoms with Gasteiger partial charge < -0.3 is 5.32 Å². The summed E-state index contributed by atoms with van der Waals surface area (Å²) in [6.07, 6.45) is 3.62. The molecule has 1 aromatic heterocycles. The van der Waals surface area contributed by atoms with Gasteiger partial charge in [-0.3, -0.25) is 9.52 Å². The third-order valence-corrected chi connectivity index (χ3v) is 6.55. The number of para-hydroxylation sites is 2. The largest absolute Gasteiger partial charge is 0.326 e. The number of aromatic nitrogens is 2. The van der Waals surface area contributed by atoms with Crippen LogP contribution in [0.15, 0.2) is 90.1 Å². The molecule has 0 spiro atoms. The summed E-state index contributed by atoms with van der Waals surface area (Å²) in [7, 11) is -3.75. The minimum absolute atomic E-state index is 0.118. The normalized spacial score (nSPS) is 11.2. The lowest BCUT2D eigenvalue weighted by Gasteiger charge is -2.13. The zero-order chi connectivity index (χ0) is 23.4. The van der Waals surface area contributed by atoms with Gasteiger partial charge in [0.25, 0.3) is 10.0 Å². The van der Waals surface area contributed by atoms with Gasteiger partial charge in [-0.1, -0.05) is 36.4 Å². The fourth-order valence-electron chi connectivity index (χ4n) is 3.45. The number of sulfonamides is 1. The number of carbonyl (C=O) groups is 1. The number of hydrogen-bond acceptors (Lipinski definition) is 4. The second-order valence-electron chi connectivity index (χ2n) is 7.75. The zero-order valence-electron chi connectivity index (χ0n) is 18.3. The summed E-state index contributed by atoms with van der Waals surface area (Å²) in [6.45, 7) is 3.71. The van der Waals surface area contributed by atoms with Crippen LogP contribution in [0, 0.1) is 13.8 Å². The lowest BCUT2D eigenvalue weighted by atomic mass is 10.1. The van der Waals surface area contributed by atoms with E-state index in [0.717, 1.165) is 22.4 Å². The van der Waals surface area contributed by atoms with E-state index in [2.05, 4.69) is 15.1 Å². The Morgan fingerprint density at radius 3 is 2.24 bits per heavy atom. The van der Waals surface area contributed by atoms with Crippen LogP contribution >= 0.6 is 0 Å². The Kier molecular flexibility index (Phi) is 6.28. The first kappa shape index (κ1) is 22.3. The average molecular weight is 461 g/mol. The highest BCUT2D eigenvalue weighted by Gasteiger charge is 2.17. The van der Waals surface area contributed by atoms with Crippen molar-refractivity contribution in [2.24, 2.45) is 0 Å². The van der Waals surface area contributed by atoms with Crippen LogP contribution in [0.1, 0.15) is 16.7 Å². The second-order valence-corrected chi connectivity index (χ2v) is 9.43. The van der Waals surface area contributed by atoms with Crippen LogP contribution in [0.4, 0.5) is 11.4 Å². The first-order valence-corrected chi connectivity index (χ1v) is 11.9. The molecule has 168 valence electrons. The van der Waals surface area contributed by atoms with Crippen molar-refractivity contribution in [1.29, 1.82) is 0 Å². The predicted octanol–water partition coefficient (Wildman–Crippen LogP) is 4.47. The van der Waals surface area contributed by atoms with Crippen LogP contribution in [0.2, 0.25) is 0 Å². The molecule has 0 saturated carbocycles. The zero-order valence-corrected chi connectivity index (χ0v) is 19.1. The third-order valence-electron chi connectivity index (χ3n) is 5.19. The van der Waals surface area contributed by atoms with Gasteiger partial charge in [0.1, 0.15) is 0 Å². The first-order valence-electron chi connectivity index (χ1n) is 10.4. The number of aryl methyl sites for hydroxylation is 2. The van der Waals surface area contributed by atoms with Crippen LogP contribution in [-0.4, -0.2) is 24.1 Å². The number of carbonyl (C=O) groups excluding carboxylic acids is 1. The van der Waals surface area contributed by atoms with Gasteiger partial charge in [-0.15, -0.1) is 0 Å². The van der Waals surface area contributed by atoms with E-state index >= 15 is 0 Å². The van der Waals surface area contributed by atoms with Crippen LogP contribution in [0.5, 0.6) is 0 Å². The predicted molar refractivity (Wildman–Crippen MR) is 129 cm³/mol. The molecule has 4 rings (SSSR count). The van der Waals surface area contributed by atoms with Crippen LogP contribution in [0.3, 0.4) is 0 Å². The van der Waals surface area contributed by atoms with Crippen molar-refractivity contribution in [1.82, 2.24) is 9.78 Å². The molecule has 0 atom stereocenters. The van der Waals surface area contributed by atoms with Crippen LogP contribution in [-0.2, 0) is 21.2 Å². The summed E-state index contributed by atoms with van der Waals surface area (Å²) in [4.78, 5) is 12.6. The lowest BCUT2D eigenvalue weighted by Crippen LogP contribution is -2.16. The monoisotopic (exact) mass is 460 g/mol. The van der Waals surface area contributed by atoms with E-state index in [1.54, 1.807) is 23.0 Å². The quantitative estimate of drug-likeness (QED) is 0.426. The number of anilines is 2. The van der Waals surface area contributed by atoms with Crippen molar-refractivity contribution in [2.45, 2.75) is 25.2 Å². The second kappa shape index (κ2) is 9.30. The molecule has 33 heavy (non-hydrogen) atoms. The number of amides is 1. The minimum atomic E-state index is -3.75. The standard InChI is InChI=1S/C25H24N4O3S/c1-18-7-6-8-19(2)25(18)28-33(31,32)23-13-11-21(12-14-23)27-24(30)15-20-16-26-29(17-20)22-9-4-3-5-10-22/h3-14,16-17,28H,15H2,1-2H3,(H,27,30). The van der Waals surface area contributed by atoms with Gasteiger partial charge >= 0.3 is 0 Å². The maximum absolute atomic E-state index is 12.8. The first-order chi connectivity index (χ1) is 15.8. The van der Waals surface area contributed by atoms with Crippen molar-refractivity contribution in [3.63, 3.8) is 0 Å². The molecule has 0 fully saturated rings. The summed E-state index contributed by atoms with van der Waals surface area (Å²) >= 11 is 0. The van der Waals surface area contributed by atoms with Gasteiger partial charge in [0.15, 0.2) is 0 Å². The average Bonchev–Trinajstić information content (AvgIpc) is 3.26. The summed E-state index contributed by atoms with van der Waals surface area (Å²) < 4.78 is 30.0. The van der Waals surface area contributed by atoms with Crippen LogP contribution in [0.25, 0.3) is 5.69 Å². The summed E-state index contributed by atoms with van der Waals surface area (Å²) in [6, 6.07) is 21.3. The Bertz CT molecular complexity index is 1360. The van der Waals surface area contributed by atoms with Crippen molar-refractivity contribution in [3.05, 3.63) is 102 Å². The molecule has 1 heterocycles. The van der Waals surface area contributed by atoms with Crippen molar-refractivity contribution in [2.75, 3.05) is 10.0 Å². The van der Waals surface area contributed by atoms with E-state index < -0.39 is 10.0 Å². The van der Waals surface area contributed by atoms with Crippen LogP contribution < -0.4 is 10.0 Å². The maximum Gasteiger partial charge on any atom is 0.261 e. The number of benzene rings is 3. The molecular formula is C25H24N4O3S. The van der Waals surface area contributed by atoms with E-state index in [1.807, 2.05) is 68.6 Å². The molecular weight excluding hydrogens is 436 g/mol. The van der Waals surface area contributed by atoms with Gasteiger partial charge in [-0.2, -0.15) is 5.10 Å². The number of rotatable bonds is 7. The van der Waals surface area contributed by atoms with Crippen molar-refractivity contribution < 1.29 is 13.2 Å². The molecule has 0 unspecified atom stereocenters. The Morgan fingerprint density at radius 2 is 1.58 bits per heavy atom. The highest BCUT2D eigenvalue weighted by Crippen LogP contribution is 2.24. The molecule has 4 aromatic rings. The Morgan fingerprint density at radius 1 is 0.909 bits per heavy atom. The molecule has 0 bridgehead atoms. The van der Waals surface area contributed by atoms with Gasteiger partial charge in [-0.05, 0) is 66.9 Å². The van der Waals surface area contributed by atoms with Gasteiger partial charge in [-0.25, -0.2) is 13.1 Å². The maximum atomic E-state index is 12.8. The molecule has 0 aliphatic heterocycles. The van der Waals surface area contributed by atoms with E-state index in [4.69, 9.17) is 0 Å². The molecule has 2 N–H and O–H groups in total. The Balaban J connectivity index is 1.40. The molecule has 3 aromatic carbocycles. The van der Waals surface area contributed by atoms with Gasteiger partial charge in [0.05, 0.1) is 28.9 Å². The summed E-state index contributed by atoms with van der Waals surface area (Å²) in [5.41, 5.74) is 4.47. The Labute approximate surface area is 193 Å². The highest BCUT2D eigenvalue weighted by atomic mass is 32.2. The molecule has 8 heteroatoms. The van der Waals surface area contributed by atoms with Crippen molar-refractivity contribution >= 4 is 27.3 Å². The third kappa shape index (κ3) is 5.30. The van der Waals surface area contributed by atoms with E-state index in [-0.39, 0.29) is 17.2 Å². The molecule has 0 aliphatic rings. The SMILES string of the molecule is Cc1cccc(C)c1NS(=O)(=O)c1ccc(NC(=O)Cc2cnn(-c3ccccc3)c2)cc1. The fourth-order valence-corrected chi connectivity index (χ4v) is 4.65. The molecule has 7 nitrogen and oxygen atoms in total. The van der Waals surface area contributed by atoms with E-state index in [9.17, 15) is 13.2 Å². The number of nitrogens with zero attached hydrogens (tertiary/aromatic N) is 2. The fraction of sp³-hybridized carbons (Fsp3) is 0.120.